The zero-order valence-corrected chi connectivity index (χ0v) is 12.4. The number of rotatable bonds is 3. The van der Waals surface area contributed by atoms with E-state index in [-0.39, 0.29) is 0 Å². The van der Waals surface area contributed by atoms with Gasteiger partial charge in [0, 0.05) is 5.75 Å². The van der Waals surface area contributed by atoms with Gasteiger partial charge < -0.3 is 9.73 Å². The number of nitrogens with zero attached hydrogens (tertiary/aromatic N) is 2. The van der Waals surface area contributed by atoms with Crippen LogP contribution in [-0.4, -0.2) is 15.9 Å². The highest BCUT2D eigenvalue weighted by atomic mass is 32.2. The van der Waals surface area contributed by atoms with Crippen molar-refractivity contribution in [2.24, 2.45) is 4.99 Å². The van der Waals surface area contributed by atoms with Crippen LogP contribution in [0.2, 0.25) is 0 Å². The van der Waals surface area contributed by atoms with Crippen molar-refractivity contribution in [2.75, 3.05) is 5.75 Å². The molecule has 1 atom stereocenters. The molecular formula is C15H17N3OS. The van der Waals surface area contributed by atoms with Gasteiger partial charge in [0.1, 0.15) is 12.3 Å². The molecule has 1 aliphatic heterocycles. The zero-order valence-electron chi connectivity index (χ0n) is 11.6. The van der Waals surface area contributed by atoms with Crippen LogP contribution in [0.3, 0.4) is 0 Å². The number of nitrogens with one attached hydrogen (secondary N) is 1. The first-order chi connectivity index (χ1) is 9.72. The van der Waals surface area contributed by atoms with Crippen LogP contribution in [0, 0.1) is 13.8 Å². The second-order valence-corrected chi connectivity index (χ2v) is 5.80. The Kier molecular flexibility index (Phi) is 3.78. The number of thioether (sulfide) groups is 1. The van der Waals surface area contributed by atoms with E-state index in [1.807, 2.05) is 19.9 Å². The van der Waals surface area contributed by atoms with Gasteiger partial charge in [-0.3, -0.25) is 4.99 Å². The van der Waals surface area contributed by atoms with Crippen molar-refractivity contribution in [1.82, 2.24) is 10.3 Å². The van der Waals surface area contributed by atoms with Crippen LogP contribution in [0.15, 0.2) is 39.7 Å². The molecule has 1 aromatic heterocycles. The van der Waals surface area contributed by atoms with Gasteiger partial charge in [-0.1, -0.05) is 42.1 Å². The molecule has 0 saturated carbocycles. The summed E-state index contributed by atoms with van der Waals surface area (Å²) in [6.45, 7) is 4.36. The number of oxazole rings is 1. The lowest BCUT2D eigenvalue weighted by molar-refractivity contribution is 0.473. The molecule has 2 aromatic rings. The molecule has 1 aromatic carbocycles. The van der Waals surface area contributed by atoms with Crippen LogP contribution >= 0.6 is 11.8 Å². The predicted octanol–water partition coefficient (Wildman–Crippen LogP) is 3.23. The number of benzene rings is 1. The Bertz CT molecular complexity index is 602. The summed E-state index contributed by atoms with van der Waals surface area (Å²) in [6, 6.07) is 10.8. The van der Waals surface area contributed by atoms with Gasteiger partial charge in [0.2, 0.25) is 5.89 Å². The lowest BCUT2D eigenvalue weighted by atomic mass is 10.1. The van der Waals surface area contributed by atoms with Crippen molar-refractivity contribution in [2.45, 2.75) is 26.4 Å². The lowest BCUT2D eigenvalue weighted by Crippen LogP contribution is -2.19. The van der Waals surface area contributed by atoms with Crippen LogP contribution in [-0.2, 0) is 6.54 Å². The van der Waals surface area contributed by atoms with Gasteiger partial charge in [0.05, 0.1) is 11.7 Å². The molecule has 0 bridgehead atoms. The van der Waals surface area contributed by atoms with E-state index >= 15 is 0 Å². The van der Waals surface area contributed by atoms with Gasteiger partial charge in [-0.05, 0) is 19.4 Å². The van der Waals surface area contributed by atoms with Crippen LogP contribution in [0.1, 0.15) is 29.0 Å². The Labute approximate surface area is 122 Å². The molecule has 1 saturated heterocycles. The first kappa shape index (κ1) is 13.2. The van der Waals surface area contributed by atoms with Gasteiger partial charge in [-0.15, -0.1) is 0 Å². The number of amidine groups is 1. The summed E-state index contributed by atoms with van der Waals surface area (Å²) >= 11 is 1.74. The van der Waals surface area contributed by atoms with Gasteiger partial charge in [-0.2, -0.15) is 0 Å². The number of aryl methyl sites for hydroxylation is 2. The fourth-order valence-electron chi connectivity index (χ4n) is 2.10. The molecule has 20 heavy (non-hydrogen) atoms. The Balaban J connectivity index is 1.63. The molecule has 0 aliphatic carbocycles. The first-order valence-corrected chi connectivity index (χ1v) is 7.62. The highest BCUT2D eigenvalue weighted by Gasteiger charge is 2.21. The monoisotopic (exact) mass is 287 g/mol. The maximum atomic E-state index is 5.53. The Hall–Kier alpha value is -1.75. The molecule has 0 spiro atoms. The van der Waals surface area contributed by atoms with Crippen molar-refractivity contribution in [3.05, 3.63) is 53.2 Å². The molecule has 3 rings (SSSR count). The summed E-state index contributed by atoms with van der Waals surface area (Å²) in [7, 11) is 0. The predicted molar refractivity (Wildman–Crippen MR) is 81.9 cm³/mol. The summed E-state index contributed by atoms with van der Waals surface area (Å²) in [5, 5.41) is 4.41. The van der Waals surface area contributed by atoms with E-state index < -0.39 is 0 Å². The van der Waals surface area contributed by atoms with Crippen molar-refractivity contribution in [3.8, 4) is 0 Å². The molecule has 1 unspecified atom stereocenters. The van der Waals surface area contributed by atoms with Crippen LogP contribution in [0.4, 0.5) is 0 Å². The highest BCUT2D eigenvalue weighted by Crippen LogP contribution is 2.26. The van der Waals surface area contributed by atoms with Gasteiger partial charge in [-0.25, -0.2) is 4.98 Å². The maximum Gasteiger partial charge on any atom is 0.216 e. The Morgan fingerprint density at radius 1 is 1.35 bits per heavy atom. The van der Waals surface area contributed by atoms with E-state index in [4.69, 9.17) is 4.42 Å². The molecule has 1 fully saturated rings. The summed E-state index contributed by atoms with van der Waals surface area (Å²) < 4.78 is 5.53. The minimum atomic E-state index is 0.341. The first-order valence-electron chi connectivity index (χ1n) is 6.64. The number of hydrogen-bond acceptors (Lipinski definition) is 4. The third-order valence-electron chi connectivity index (χ3n) is 3.32. The second-order valence-electron chi connectivity index (χ2n) is 4.79. The van der Waals surface area contributed by atoms with Crippen molar-refractivity contribution < 1.29 is 4.42 Å². The van der Waals surface area contributed by atoms with Gasteiger partial charge in [0.15, 0.2) is 5.17 Å². The average molecular weight is 287 g/mol. The molecule has 2 heterocycles. The van der Waals surface area contributed by atoms with E-state index in [1.54, 1.807) is 11.8 Å². The largest absolute Gasteiger partial charge is 0.444 e. The van der Waals surface area contributed by atoms with Crippen molar-refractivity contribution >= 4 is 16.9 Å². The number of aliphatic imine (C=N–C) groups is 1. The summed E-state index contributed by atoms with van der Waals surface area (Å²) in [6.07, 6.45) is 0. The normalized spacial score (nSPS) is 20.3. The number of aromatic nitrogens is 1. The second kappa shape index (κ2) is 5.71. The van der Waals surface area contributed by atoms with E-state index in [1.165, 1.54) is 5.56 Å². The number of hydrogen-bond donors (Lipinski definition) is 1. The van der Waals surface area contributed by atoms with Crippen LogP contribution in [0.5, 0.6) is 0 Å². The summed E-state index contributed by atoms with van der Waals surface area (Å²) in [4.78, 5) is 8.87. The Morgan fingerprint density at radius 2 is 2.15 bits per heavy atom. The third kappa shape index (κ3) is 2.88. The SMILES string of the molecule is Cc1nc(CN=C2NC(c3ccccc3)CS2)oc1C. The third-order valence-corrected chi connectivity index (χ3v) is 4.34. The van der Waals surface area contributed by atoms with E-state index in [9.17, 15) is 0 Å². The summed E-state index contributed by atoms with van der Waals surface area (Å²) in [5.41, 5.74) is 2.24. The molecule has 1 N–H and O–H groups in total. The topological polar surface area (TPSA) is 50.4 Å². The van der Waals surface area contributed by atoms with E-state index in [2.05, 4.69) is 39.6 Å². The van der Waals surface area contributed by atoms with E-state index in [0.717, 1.165) is 22.4 Å². The Morgan fingerprint density at radius 3 is 2.85 bits per heavy atom. The van der Waals surface area contributed by atoms with Crippen molar-refractivity contribution in [1.29, 1.82) is 0 Å². The standard InChI is InChI=1S/C15H17N3OS/c1-10-11(2)19-14(17-10)8-16-15-18-13(9-20-15)12-6-4-3-5-7-12/h3-7,13H,8-9H2,1-2H3,(H,16,18). The maximum absolute atomic E-state index is 5.53. The van der Waals surface area contributed by atoms with E-state index in [0.29, 0.717) is 18.5 Å². The average Bonchev–Trinajstić information content (AvgIpc) is 3.05. The summed E-state index contributed by atoms with van der Waals surface area (Å²) in [5.74, 6) is 2.56. The van der Waals surface area contributed by atoms with Crippen LogP contribution in [0.25, 0.3) is 0 Å². The molecule has 104 valence electrons. The smallest absolute Gasteiger partial charge is 0.216 e. The fourth-order valence-corrected chi connectivity index (χ4v) is 3.08. The molecule has 0 amide bonds. The minimum Gasteiger partial charge on any atom is -0.444 e. The molecule has 0 radical (unpaired) electrons. The molecule has 4 nitrogen and oxygen atoms in total. The lowest BCUT2D eigenvalue weighted by Gasteiger charge is -2.09. The minimum absolute atomic E-state index is 0.341. The van der Waals surface area contributed by atoms with Gasteiger partial charge >= 0.3 is 0 Å². The molecule has 1 aliphatic rings. The van der Waals surface area contributed by atoms with Crippen molar-refractivity contribution in [3.63, 3.8) is 0 Å². The molecular weight excluding hydrogens is 270 g/mol. The quantitative estimate of drug-likeness (QED) is 0.941. The zero-order chi connectivity index (χ0) is 13.9. The van der Waals surface area contributed by atoms with Crippen LogP contribution < -0.4 is 5.32 Å². The highest BCUT2D eigenvalue weighted by molar-refractivity contribution is 8.14. The molecule has 5 heteroatoms. The fraction of sp³-hybridized carbons (Fsp3) is 0.333. The van der Waals surface area contributed by atoms with Gasteiger partial charge in [0.25, 0.3) is 0 Å².